The van der Waals surface area contributed by atoms with Crippen LogP contribution in [0.15, 0.2) is 59.0 Å². The van der Waals surface area contributed by atoms with Crippen LogP contribution in [-0.4, -0.2) is 41.9 Å². The number of carbonyl (C=O) groups excluding carboxylic acids is 2. The highest BCUT2D eigenvalue weighted by Crippen LogP contribution is 2.22. The molecule has 1 N–H and O–H groups in total. The molecule has 3 aromatic rings. The summed E-state index contributed by atoms with van der Waals surface area (Å²) in [6, 6.07) is 16.6. The van der Waals surface area contributed by atoms with Crippen LogP contribution in [0.4, 0.5) is 5.69 Å². The van der Waals surface area contributed by atoms with Gasteiger partial charge in [-0.25, -0.2) is 4.98 Å². The Morgan fingerprint density at radius 2 is 1.90 bits per heavy atom. The van der Waals surface area contributed by atoms with Crippen LogP contribution >= 0.6 is 0 Å². The van der Waals surface area contributed by atoms with Gasteiger partial charge in [-0.1, -0.05) is 24.3 Å². The van der Waals surface area contributed by atoms with E-state index in [1.54, 1.807) is 38.3 Å². The van der Waals surface area contributed by atoms with Crippen molar-refractivity contribution in [2.24, 2.45) is 0 Å². The third-order valence-corrected chi connectivity index (χ3v) is 4.65. The molecule has 7 nitrogen and oxygen atoms in total. The number of nitrogens with zero attached hydrogens (tertiary/aromatic N) is 2. The molecule has 0 saturated heterocycles. The van der Waals surface area contributed by atoms with Crippen molar-refractivity contribution in [1.29, 1.82) is 0 Å². The minimum absolute atomic E-state index is 0.0466. The molecule has 0 spiro atoms. The number of carbonyl (C=O) groups is 2. The quantitative estimate of drug-likeness (QED) is 0.616. The first-order chi connectivity index (χ1) is 14.5. The maximum atomic E-state index is 12.8. The first-order valence-corrected chi connectivity index (χ1v) is 9.73. The second-order valence-corrected chi connectivity index (χ2v) is 6.75. The van der Waals surface area contributed by atoms with Crippen molar-refractivity contribution in [1.82, 2.24) is 9.88 Å². The van der Waals surface area contributed by atoms with Crippen LogP contribution in [0, 0.1) is 6.92 Å². The number of anilines is 1. The average Bonchev–Trinajstić information content (AvgIpc) is 3.12. The molecule has 156 valence electrons. The lowest BCUT2D eigenvalue weighted by atomic mass is 10.2. The summed E-state index contributed by atoms with van der Waals surface area (Å²) in [5.74, 6) is 1.26. The lowest BCUT2D eigenvalue weighted by molar-refractivity contribution is -0.133. The normalized spacial score (nSPS) is 10.5. The Labute approximate surface area is 175 Å². The van der Waals surface area contributed by atoms with Gasteiger partial charge in [-0.15, -0.1) is 0 Å². The van der Waals surface area contributed by atoms with Crippen LogP contribution in [-0.2, 0) is 16.0 Å². The largest absolute Gasteiger partial charge is 0.497 e. The third-order valence-electron chi connectivity index (χ3n) is 4.65. The van der Waals surface area contributed by atoms with Gasteiger partial charge in [-0.2, -0.15) is 0 Å². The molecule has 2 amide bonds. The first-order valence-electron chi connectivity index (χ1n) is 9.73. The minimum Gasteiger partial charge on any atom is -0.497 e. The Morgan fingerprint density at radius 1 is 1.13 bits per heavy atom. The fourth-order valence-electron chi connectivity index (χ4n) is 3.00. The maximum absolute atomic E-state index is 12.8. The molecule has 0 radical (unpaired) electrons. The van der Waals surface area contributed by atoms with Crippen LogP contribution in [0.1, 0.15) is 18.4 Å². The average molecular weight is 407 g/mol. The number of oxazole rings is 1. The molecule has 0 aliphatic rings. The van der Waals surface area contributed by atoms with E-state index in [9.17, 15) is 9.59 Å². The predicted molar refractivity (Wildman–Crippen MR) is 114 cm³/mol. The monoisotopic (exact) mass is 407 g/mol. The lowest BCUT2D eigenvalue weighted by Gasteiger charge is -2.20. The molecular weight excluding hydrogens is 382 g/mol. The van der Waals surface area contributed by atoms with Gasteiger partial charge in [0.25, 0.3) is 0 Å². The summed E-state index contributed by atoms with van der Waals surface area (Å²) in [5.41, 5.74) is 2.04. The number of ether oxygens (including phenoxy) is 1. The number of rotatable bonds is 8. The smallest absolute Gasteiger partial charge is 0.243 e. The van der Waals surface area contributed by atoms with Crippen LogP contribution in [0.25, 0.3) is 11.5 Å². The number of likely N-dealkylation sites (N-methyl/N-ethyl adjacent to an activating group) is 1. The number of hydrogen-bond donors (Lipinski definition) is 1. The van der Waals surface area contributed by atoms with Gasteiger partial charge in [0.1, 0.15) is 11.5 Å². The molecule has 1 heterocycles. The Bertz CT molecular complexity index is 1010. The van der Waals surface area contributed by atoms with E-state index in [1.165, 1.54) is 4.90 Å². The molecule has 1 aromatic heterocycles. The summed E-state index contributed by atoms with van der Waals surface area (Å²) in [6.45, 7) is 3.98. The minimum atomic E-state index is -0.277. The highest BCUT2D eigenvalue weighted by molar-refractivity contribution is 5.94. The van der Waals surface area contributed by atoms with Gasteiger partial charge in [-0.3, -0.25) is 9.59 Å². The van der Waals surface area contributed by atoms with Crippen molar-refractivity contribution in [3.05, 3.63) is 66.1 Å². The summed E-state index contributed by atoms with van der Waals surface area (Å²) in [5, 5.41) is 2.79. The van der Waals surface area contributed by atoms with E-state index in [0.717, 1.165) is 5.56 Å². The van der Waals surface area contributed by atoms with Crippen molar-refractivity contribution < 1.29 is 18.7 Å². The second-order valence-electron chi connectivity index (χ2n) is 6.75. The number of amides is 2. The van der Waals surface area contributed by atoms with Gasteiger partial charge in [0.05, 0.1) is 25.8 Å². The van der Waals surface area contributed by atoms with Gasteiger partial charge in [0, 0.05) is 23.9 Å². The first kappa shape index (κ1) is 21.1. The van der Waals surface area contributed by atoms with Gasteiger partial charge in [-0.05, 0) is 38.1 Å². The van der Waals surface area contributed by atoms with Crippen molar-refractivity contribution in [3.63, 3.8) is 0 Å². The zero-order chi connectivity index (χ0) is 21.5. The van der Waals surface area contributed by atoms with Crippen LogP contribution in [0.3, 0.4) is 0 Å². The molecule has 2 aromatic carbocycles. The molecular formula is C23H25N3O4. The number of aromatic nitrogens is 1. The van der Waals surface area contributed by atoms with E-state index < -0.39 is 0 Å². The lowest BCUT2D eigenvalue weighted by Crippen LogP contribution is -2.38. The molecule has 7 heteroatoms. The molecule has 0 saturated carbocycles. The Balaban J connectivity index is 1.63. The fraction of sp³-hybridized carbons (Fsp3) is 0.261. The molecule has 3 rings (SSSR count). The number of methoxy groups -OCH3 is 1. The molecule has 0 unspecified atom stereocenters. The topological polar surface area (TPSA) is 84.7 Å². The summed E-state index contributed by atoms with van der Waals surface area (Å²) in [7, 11) is 1.56. The molecule has 0 bridgehead atoms. The highest BCUT2D eigenvalue weighted by atomic mass is 16.5. The summed E-state index contributed by atoms with van der Waals surface area (Å²) in [6.07, 6.45) is 0.0719. The van der Waals surface area contributed by atoms with Crippen LogP contribution < -0.4 is 10.1 Å². The van der Waals surface area contributed by atoms with E-state index in [1.807, 2.05) is 37.3 Å². The molecule has 0 fully saturated rings. The maximum Gasteiger partial charge on any atom is 0.243 e. The molecule has 0 atom stereocenters. The molecule has 0 aliphatic heterocycles. The molecule has 30 heavy (non-hydrogen) atoms. The standard InChI is InChI=1S/C23H25N3O4/c1-4-26(15-21(27)24-18-11-8-12-19(13-18)29-3)22(28)14-20-16(2)30-23(25-20)17-9-6-5-7-10-17/h5-13H,4,14-15H2,1-3H3,(H,24,27). The Kier molecular flexibility index (Phi) is 6.85. The number of hydrogen-bond acceptors (Lipinski definition) is 5. The van der Waals surface area contributed by atoms with Crippen molar-refractivity contribution >= 4 is 17.5 Å². The van der Waals surface area contributed by atoms with Gasteiger partial charge in [0.2, 0.25) is 17.7 Å². The highest BCUT2D eigenvalue weighted by Gasteiger charge is 2.20. The van der Waals surface area contributed by atoms with Crippen LogP contribution in [0.5, 0.6) is 5.75 Å². The number of aryl methyl sites for hydroxylation is 1. The Morgan fingerprint density at radius 3 is 2.60 bits per heavy atom. The van der Waals surface area contributed by atoms with E-state index in [4.69, 9.17) is 9.15 Å². The third kappa shape index (κ3) is 5.26. The predicted octanol–water partition coefficient (Wildman–Crippen LogP) is 3.69. The van der Waals surface area contributed by atoms with Gasteiger partial charge < -0.3 is 19.4 Å². The van der Waals surface area contributed by atoms with Gasteiger partial charge in [0.15, 0.2) is 0 Å². The SMILES string of the molecule is CCN(CC(=O)Nc1cccc(OC)c1)C(=O)Cc1nc(-c2ccccc2)oc1C. The van der Waals surface area contributed by atoms with Crippen molar-refractivity contribution in [3.8, 4) is 17.2 Å². The summed E-state index contributed by atoms with van der Waals surface area (Å²) >= 11 is 0. The summed E-state index contributed by atoms with van der Waals surface area (Å²) in [4.78, 5) is 31.2. The summed E-state index contributed by atoms with van der Waals surface area (Å²) < 4.78 is 10.9. The van der Waals surface area contributed by atoms with E-state index in [2.05, 4.69) is 10.3 Å². The van der Waals surface area contributed by atoms with Crippen molar-refractivity contribution in [2.45, 2.75) is 20.3 Å². The molecule has 0 aliphatic carbocycles. The fourth-order valence-corrected chi connectivity index (χ4v) is 3.00. The zero-order valence-electron chi connectivity index (χ0n) is 17.3. The van der Waals surface area contributed by atoms with Crippen LogP contribution in [0.2, 0.25) is 0 Å². The zero-order valence-corrected chi connectivity index (χ0v) is 17.3. The Hall–Kier alpha value is -3.61. The van der Waals surface area contributed by atoms with E-state index in [-0.39, 0.29) is 24.8 Å². The van der Waals surface area contributed by atoms with Crippen molar-refractivity contribution in [2.75, 3.05) is 25.5 Å². The van der Waals surface area contributed by atoms with Gasteiger partial charge >= 0.3 is 0 Å². The van der Waals surface area contributed by atoms with E-state index >= 15 is 0 Å². The van der Waals surface area contributed by atoms with E-state index in [0.29, 0.717) is 35.3 Å². The second kappa shape index (κ2) is 9.73. The number of benzene rings is 2. The number of nitrogens with one attached hydrogen (secondary N) is 1.